The van der Waals surface area contributed by atoms with Crippen molar-refractivity contribution in [3.8, 4) is 17.2 Å². The number of nitrogens with two attached hydrogens (primary N) is 1. The third-order valence-corrected chi connectivity index (χ3v) is 2.97. The molecule has 0 aromatic heterocycles. The molecule has 0 heterocycles. The van der Waals surface area contributed by atoms with Crippen LogP contribution < -0.4 is 20.5 Å². The summed E-state index contributed by atoms with van der Waals surface area (Å²) in [5.74, 6) is 0.327. The second-order valence-corrected chi connectivity index (χ2v) is 4.26. The van der Waals surface area contributed by atoms with Gasteiger partial charge in [0.1, 0.15) is 11.5 Å². The van der Waals surface area contributed by atoms with Crippen molar-refractivity contribution < 1.29 is 19.4 Å². The number of ether oxygens (including phenoxy) is 2. The summed E-state index contributed by atoms with van der Waals surface area (Å²) in [6.45, 7) is 0. The zero-order valence-electron chi connectivity index (χ0n) is 11.7. The van der Waals surface area contributed by atoms with Crippen molar-refractivity contribution in [1.29, 1.82) is 0 Å². The summed E-state index contributed by atoms with van der Waals surface area (Å²) in [5.41, 5.74) is 6.27. The van der Waals surface area contributed by atoms with E-state index in [1.54, 1.807) is 24.3 Å². The van der Waals surface area contributed by atoms with E-state index in [9.17, 15) is 9.90 Å². The molecule has 110 valence electrons. The first-order valence-corrected chi connectivity index (χ1v) is 6.17. The van der Waals surface area contributed by atoms with Crippen molar-refractivity contribution in [2.45, 2.75) is 0 Å². The van der Waals surface area contributed by atoms with Crippen molar-refractivity contribution in [1.82, 2.24) is 0 Å². The minimum atomic E-state index is -0.483. The van der Waals surface area contributed by atoms with Gasteiger partial charge in [0.2, 0.25) is 0 Å². The van der Waals surface area contributed by atoms with Crippen molar-refractivity contribution in [2.24, 2.45) is 0 Å². The number of nitrogen functional groups attached to an aromatic ring is 1. The Balaban J connectivity index is 2.29. The maximum atomic E-state index is 12.2. The molecule has 0 spiro atoms. The molecule has 6 nitrogen and oxygen atoms in total. The summed E-state index contributed by atoms with van der Waals surface area (Å²) < 4.78 is 10.3. The van der Waals surface area contributed by atoms with Crippen LogP contribution in [0.5, 0.6) is 17.2 Å². The quantitative estimate of drug-likeness (QED) is 0.592. The Morgan fingerprint density at radius 2 is 1.95 bits per heavy atom. The van der Waals surface area contributed by atoms with Crippen molar-refractivity contribution in [3.05, 3.63) is 42.0 Å². The third-order valence-electron chi connectivity index (χ3n) is 2.97. The van der Waals surface area contributed by atoms with E-state index in [-0.39, 0.29) is 17.0 Å². The van der Waals surface area contributed by atoms with E-state index in [0.29, 0.717) is 17.2 Å². The molecule has 1 amide bonds. The number of aromatic hydroxyl groups is 1. The molecule has 21 heavy (non-hydrogen) atoms. The lowest BCUT2D eigenvalue weighted by atomic mass is 10.1. The van der Waals surface area contributed by atoms with E-state index in [1.165, 1.54) is 26.4 Å². The largest absolute Gasteiger partial charge is 0.505 e. The summed E-state index contributed by atoms with van der Waals surface area (Å²) >= 11 is 0. The molecule has 0 radical (unpaired) electrons. The summed E-state index contributed by atoms with van der Waals surface area (Å²) in [6, 6.07) is 9.58. The predicted molar refractivity (Wildman–Crippen MR) is 80.0 cm³/mol. The van der Waals surface area contributed by atoms with Crippen LogP contribution in [0, 0.1) is 0 Å². The van der Waals surface area contributed by atoms with Crippen LogP contribution in [-0.2, 0) is 0 Å². The second kappa shape index (κ2) is 6.04. The molecule has 6 heteroatoms. The van der Waals surface area contributed by atoms with Crippen LogP contribution in [0.4, 0.5) is 11.4 Å². The van der Waals surface area contributed by atoms with Gasteiger partial charge in [-0.3, -0.25) is 4.79 Å². The van der Waals surface area contributed by atoms with E-state index in [4.69, 9.17) is 15.2 Å². The van der Waals surface area contributed by atoms with Crippen LogP contribution in [0.25, 0.3) is 0 Å². The van der Waals surface area contributed by atoms with Crippen LogP contribution >= 0.6 is 0 Å². The third kappa shape index (κ3) is 3.00. The number of phenolic OH excluding ortho intramolecular Hbond substituents is 1. The van der Waals surface area contributed by atoms with Crippen LogP contribution in [-0.4, -0.2) is 25.2 Å². The van der Waals surface area contributed by atoms with Crippen molar-refractivity contribution in [3.63, 3.8) is 0 Å². The van der Waals surface area contributed by atoms with Gasteiger partial charge in [-0.25, -0.2) is 0 Å². The minimum Gasteiger partial charge on any atom is -0.505 e. The minimum absolute atomic E-state index is 0.0906. The first kappa shape index (κ1) is 14.5. The monoisotopic (exact) mass is 288 g/mol. The van der Waals surface area contributed by atoms with E-state index in [1.807, 2.05) is 0 Å². The number of para-hydroxylation sites is 1. The van der Waals surface area contributed by atoms with Crippen molar-refractivity contribution >= 4 is 17.3 Å². The Morgan fingerprint density at radius 1 is 1.19 bits per heavy atom. The fourth-order valence-corrected chi connectivity index (χ4v) is 1.84. The van der Waals surface area contributed by atoms with Gasteiger partial charge in [-0.15, -0.1) is 0 Å². The number of benzene rings is 2. The lowest BCUT2D eigenvalue weighted by Gasteiger charge is -2.12. The summed E-state index contributed by atoms with van der Waals surface area (Å²) in [7, 11) is 3.03. The highest BCUT2D eigenvalue weighted by molar-refractivity contribution is 6.07. The molecule has 0 aliphatic heterocycles. The highest BCUT2D eigenvalue weighted by Gasteiger charge is 2.15. The first-order valence-electron chi connectivity index (χ1n) is 6.17. The van der Waals surface area contributed by atoms with Gasteiger partial charge in [0.25, 0.3) is 5.91 Å². The topological polar surface area (TPSA) is 93.8 Å². The van der Waals surface area contributed by atoms with E-state index in [2.05, 4.69) is 5.32 Å². The SMILES string of the molecule is COc1ccc(NC(=O)c2cccc(N)c2O)c(OC)c1. The Labute approximate surface area is 122 Å². The molecule has 0 fully saturated rings. The fourth-order valence-electron chi connectivity index (χ4n) is 1.84. The number of anilines is 2. The first-order chi connectivity index (χ1) is 10.1. The number of phenols is 1. The standard InChI is InChI=1S/C15H16N2O4/c1-20-9-6-7-12(13(8-9)21-2)17-15(19)10-4-3-5-11(16)14(10)18/h3-8,18H,16H2,1-2H3,(H,17,19). The zero-order valence-corrected chi connectivity index (χ0v) is 11.7. The number of methoxy groups -OCH3 is 2. The molecule has 2 rings (SSSR count). The Bertz CT molecular complexity index is 671. The molecule has 0 unspecified atom stereocenters. The van der Waals surface area contributed by atoms with E-state index in [0.717, 1.165) is 0 Å². The maximum absolute atomic E-state index is 12.2. The summed E-state index contributed by atoms with van der Waals surface area (Å²) in [5, 5.41) is 12.5. The van der Waals surface area contributed by atoms with Gasteiger partial charge in [0, 0.05) is 6.07 Å². The average Bonchev–Trinajstić information content (AvgIpc) is 2.50. The van der Waals surface area contributed by atoms with Crippen LogP contribution in [0.3, 0.4) is 0 Å². The molecular weight excluding hydrogens is 272 g/mol. The molecular formula is C15H16N2O4. The molecule has 0 aliphatic carbocycles. The van der Waals surface area contributed by atoms with E-state index >= 15 is 0 Å². The Hall–Kier alpha value is -2.89. The van der Waals surface area contributed by atoms with E-state index < -0.39 is 5.91 Å². The highest BCUT2D eigenvalue weighted by atomic mass is 16.5. The van der Waals surface area contributed by atoms with Gasteiger partial charge in [-0.1, -0.05) is 6.07 Å². The molecule has 0 atom stereocenters. The molecule has 2 aromatic rings. The Morgan fingerprint density at radius 3 is 2.62 bits per heavy atom. The number of hydrogen-bond donors (Lipinski definition) is 3. The second-order valence-electron chi connectivity index (χ2n) is 4.26. The van der Waals surface area contributed by atoms with Gasteiger partial charge >= 0.3 is 0 Å². The molecule has 0 aliphatic rings. The van der Waals surface area contributed by atoms with Gasteiger partial charge in [-0.05, 0) is 24.3 Å². The van der Waals surface area contributed by atoms with Crippen LogP contribution in [0.2, 0.25) is 0 Å². The fraction of sp³-hybridized carbons (Fsp3) is 0.133. The number of rotatable bonds is 4. The van der Waals surface area contributed by atoms with Gasteiger partial charge in [-0.2, -0.15) is 0 Å². The molecule has 0 saturated carbocycles. The zero-order chi connectivity index (χ0) is 15.4. The maximum Gasteiger partial charge on any atom is 0.259 e. The lowest BCUT2D eigenvalue weighted by molar-refractivity contribution is 0.102. The van der Waals surface area contributed by atoms with Crippen molar-refractivity contribution in [2.75, 3.05) is 25.3 Å². The molecule has 4 N–H and O–H groups in total. The predicted octanol–water partition coefficient (Wildman–Crippen LogP) is 2.24. The van der Waals surface area contributed by atoms with Gasteiger partial charge in [0.05, 0.1) is 31.2 Å². The smallest absolute Gasteiger partial charge is 0.259 e. The summed E-state index contributed by atoms with van der Waals surface area (Å²) in [4.78, 5) is 12.2. The molecule has 2 aromatic carbocycles. The summed E-state index contributed by atoms with van der Waals surface area (Å²) in [6.07, 6.45) is 0. The number of carbonyl (C=O) groups is 1. The Kier molecular flexibility index (Phi) is 4.18. The number of hydrogen-bond acceptors (Lipinski definition) is 5. The van der Waals surface area contributed by atoms with Crippen LogP contribution in [0.1, 0.15) is 10.4 Å². The lowest BCUT2D eigenvalue weighted by Crippen LogP contribution is -2.13. The number of carbonyl (C=O) groups excluding carboxylic acids is 1. The average molecular weight is 288 g/mol. The molecule has 0 bridgehead atoms. The van der Waals surface area contributed by atoms with Gasteiger partial charge < -0.3 is 25.6 Å². The number of amides is 1. The number of nitrogens with one attached hydrogen (secondary N) is 1. The van der Waals surface area contributed by atoms with Crippen LogP contribution in [0.15, 0.2) is 36.4 Å². The highest BCUT2D eigenvalue weighted by Crippen LogP contribution is 2.31. The normalized spacial score (nSPS) is 10.0. The van der Waals surface area contributed by atoms with Gasteiger partial charge in [0.15, 0.2) is 5.75 Å². The molecule has 0 saturated heterocycles.